The zero-order valence-electron chi connectivity index (χ0n) is 10.3. The summed E-state index contributed by atoms with van der Waals surface area (Å²) in [6.45, 7) is 6.37. The largest absolute Gasteiger partial charge is 0.375 e. The summed E-state index contributed by atoms with van der Waals surface area (Å²) in [4.78, 5) is 4.29. The van der Waals surface area contributed by atoms with Crippen molar-refractivity contribution in [1.29, 1.82) is 0 Å². The predicted octanol–water partition coefficient (Wildman–Crippen LogP) is 2.49. The molecule has 3 heteroatoms. The summed E-state index contributed by atoms with van der Waals surface area (Å²) in [5.74, 6) is 0.633. The fourth-order valence-corrected chi connectivity index (χ4v) is 1.60. The summed E-state index contributed by atoms with van der Waals surface area (Å²) >= 11 is 0. The number of ether oxygens (including phenoxy) is 1. The van der Waals surface area contributed by atoms with Crippen LogP contribution in [0.4, 0.5) is 0 Å². The Morgan fingerprint density at radius 2 is 2.25 bits per heavy atom. The van der Waals surface area contributed by atoms with Gasteiger partial charge in [-0.2, -0.15) is 0 Å². The summed E-state index contributed by atoms with van der Waals surface area (Å²) < 4.78 is 5.61. The minimum atomic E-state index is 0.543. The van der Waals surface area contributed by atoms with Gasteiger partial charge in [-0.05, 0) is 24.0 Å². The van der Waals surface area contributed by atoms with Crippen LogP contribution in [-0.2, 0) is 17.9 Å². The van der Waals surface area contributed by atoms with Crippen molar-refractivity contribution in [1.82, 2.24) is 4.98 Å². The van der Waals surface area contributed by atoms with Gasteiger partial charge in [0.25, 0.3) is 0 Å². The van der Waals surface area contributed by atoms with Crippen molar-refractivity contribution in [2.24, 2.45) is 11.7 Å². The highest BCUT2D eigenvalue weighted by molar-refractivity contribution is 5.13. The summed E-state index contributed by atoms with van der Waals surface area (Å²) in [6.07, 6.45) is 4.25. The molecule has 0 aliphatic rings. The zero-order chi connectivity index (χ0) is 11.8. The summed E-state index contributed by atoms with van der Waals surface area (Å²) in [7, 11) is 0. The van der Waals surface area contributed by atoms with Crippen molar-refractivity contribution >= 4 is 0 Å². The second-order valence-corrected chi connectivity index (χ2v) is 4.27. The van der Waals surface area contributed by atoms with Gasteiger partial charge in [0, 0.05) is 19.3 Å². The minimum absolute atomic E-state index is 0.543. The van der Waals surface area contributed by atoms with E-state index in [1.165, 1.54) is 12.8 Å². The predicted molar refractivity (Wildman–Crippen MR) is 65.9 cm³/mol. The molecule has 1 aromatic rings. The maximum absolute atomic E-state index is 5.61. The molecule has 0 radical (unpaired) electrons. The van der Waals surface area contributed by atoms with Gasteiger partial charge in [-0.3, -0.25) is 4.98 Å². The lowest BCUT2D eigenvalue weighted by Gasteiger charge is -2.10. The lowest BCUT2D eigenvalue weighted by atomic mass is 10.1. The van der Waals surface area contributed by atoms with E-state index in [0.29, 0.717) is 19.1 Å². The van der Waals surface area contributed by atoms with Crippen molar-refractivity contribution in [2.45, 2.75) is 39.8 Å². The summed E-state index contributed by atoms with van der Waals surface area (Å²) in [5.41, 5.74) is 7.53. The van der Waals surface area contributed by atoms with Gasteiger partial charge in [-0.25, -0.2) is 0 Å². The Kier molecular flexibility index (Phi) is 6.04. The molecule has 0 saturated carbocycles. The highest BCUT2D eigenvalue weighted by atomic mass is 16.5. The van der Waals surface area contributed by atoms with Gasteiger partial charge in [-0.1, -0.05) is 26.3 Å². The molecule has 1 aromatic heterocycles. The van der Waals surface area contributed by atoms with Gasteiger partial charge in [0.2, 0.25) is 0 Å². The van der Waals surface area contributed by atoms with Crippen LogP contribution in [0.5, 0.6) is 0 Å². The number of rotatable bonds is 7. The van der Waals surface area contributed by atoms with Crippen LogP contribution in [0.2, 0.25) is 0 Å². The third kappa shape index (κ3) is 4.73. The van der Waals surface area contributed by atoms with E-state index in [4.69, 9.17) is 10.5 Å². The smallest absolute Gasteiger partial charge is 0.0887 e. The lowest BCUT2D eigenvalue weighted by molar-refractivity contribution is 0.0872. The van der Waals surface area contributed by atoms with Crippen LogP contribution in [0.15, 0.2) is 18.3 Å². The molecule has 0 fully saturated rings. The zero-order valence-corrected chi connectivity index (χ0v) is 10.3. The number of hydrogen-bond donors (Lipinski definition) is 1. The monoisotopic (exact) mass is 222 g/mol. The standard InChI is InChI=1S/C13H22N2O/c1-3-4-11(2)9-16-10-13-6-5-12(7-14)8-15-13/h5-6,8,11H,3-4,7,9-10,14H2,1-2H3. The average molecular weight is 222 g/mol. The van der Waals surface area contributed by atoms with Gasteiger partial charge in [-0.15, -0.1) is 0 Å². The first-order chi connectivity index (χ1) is 7.76. The Bertz CT molecular complexity index is 284. The molecular weight excluding hydrogens is 200 g/mol. The van der Waals surface area contributed by atoms with E-state index in [0.717, 1.165) is 17.9 Å². The SMILES string of the molecule is CCCC(C)COCc1ccc(CN)cn1. The lowest BCUT2D eigenvalue weighted by Crippen LogP contribution is -2.06. The molecule has 1 atom stereocenters. The quantitative estimate of drug-likeness (QED) is 0.771. The number of hydrogen-bond acceptors (Lipinski definition) is 3. The molecule has 0 spiro atoms. The van der Waals surface area contributed by atoms with E-state index in [-0.39, 0.29) is 0 Å². The normalized spacial score (nSPS) is 12.7. The second kappa shape index (κ2) is 7.36. The molecule has 90 valence electrons. The van der Waals surface area contributed by atoms with Crippen LogP contribution in [0.1, 0.15) is 37.9 Å². The Hall–Kier alpha value is -0.930. The first kappa shape index (κ1) is 13.1. The van der Waals surface area contributed by atoms with Crippen molar-refractivity contribution in [3.63, 3.8) is 0 Å². The molecule has 2 N–H and O–H groups in total. The fraction of sp³-hybridized carbons (Fsp3) is 0.615. The molecule has 0 aliphatic carbocycles. The van der Waals surface area contributed by atoms with E-state index in [2.05, 4.69) is 18.8 Å². The number of nitrogens with zero attached hydrogens (tertiary/aromatic N) is 1. The van der Waals surface area contributed by atoms with Crippen LogP contribution < -0.4 is 5.73 Å². The molecule has 0 amide bonds. The van der Waals surface area contributed by atoms with E-state index < -0.39 is 0 Å². The second-order valence-electron chi connectivity index (χ2n) is 4.27. The van der Waals surface area contributed by atoms with Crippen molar-refractivity contribution in [3.05, 3.63) is 29.6 Å². The Labute approximate surface area is 98.0 Å². The van der Waals surface area contributed by atoms with Crippen molar-refractivity contribution in [2.75, 3.05) is 6.61 Å². The Morgan fingerprint density at radius 3 is 2.81 bits per heavy atom. The summed E-state index contributed by atoms with van der Waals surface area (Å²) in [5, 5.41) is 0. The molecule has 1 heterocycles. The Balaban J connectivity index is 2.26. The van der Waals surface area contributed by atoms with Crippen LogP contribution in [0, 0.1) is 5.92 Å². The molecule has 16 heavy (non-hydrogen) atoms. The molecule has 0 saturated heterocycles. The first-order valence-electron chi connectivity index (χ1n) is 5.97. The van der Waals surface area contributed by atoms with Crippen LogP contribution in [0.3, 0.4) is 0 Å². The third-order valence-corrected chi connectivity index (χ3v) is 2.56. The fourth-order valence-electron chi connectivity index (χ4n) is 1.60. The highest BCUT2D eigenvalue weighted by Crippen LogP contribution is 2.07. The highest BCUT2D eigenvalue weighted by Gasteiger charge is 2.01. The number of nitrogens with two attached hydrogens (primary N) is 1. The van der Waals surface area contributed by atoms with Crippen LogP contribution in [-0.4, -0.2) is 11.6 Å². The van der Waals surface area contributed by atoms with E-state index in [9.17, 15) is 0 Å². The van der Waals surface area contributed by atoms with E-state index in [1.807, 2.05) is 18.3 Å². The van der Waals surface area contributed by atoms with Crippen molar-refractivity contribution < 1.29 is 4.74 Å². The van der Waals surface area contributed by atoms with Crippen LogP contribution in [0.25, 0.3) is 0 Å². The molecule has 1 unspecified atom stereocenters. The van der Waals surface area contributed by atoms with Gasteiger partial charge in [0.05, 0.1) is 12.3 Å². The third-order valence-electron chi connectivity index (χ3n) is 2.56. The van der Waals surface area contributed by atoms with E-state index >= 15 is 0 Å². The Morgan fingerprint density at radius 1 is 1.44 bits per heavy atom. The molecule has 0 bridgehead atoms. The average Bonchev–Trinajstić information content (AvgIpc) is 2.30. The van der Waals surface area contributed by atoms with Crippen LogP contribution >= 0.6 is 0 Å². The van der Waals surface area contributed by atoms with E-state index in [1.54, 1.807) is 0 Å². The number of aromatic nitrogens is 1. The molecule has 0 aliphatic heterocycles. The van der Waals surface area contributed by atoms with Gasteiger partial charge in [0.1, 0.15) is 0 Å². The first-order valence-corrected chi connectivity index (χ1v) is 5.97. The minimum Gasteiger partial charge on any atom is -0.375 e. The topological polar surface area (TPSA) is 48.1 Å². The molecule has 0 aromatic carbocycles. The van der Waals surface area contributed by atoms with Crippen molar-refractivity contribution in [3.8, 4) is 0 Å². The van der Waals surface area contributed by atoms with Gasteiger partial charge in [0.15, 0.2) is 0 Å². The molecule has 3 nitrogen and oxygen atoms in total. The van der Waals surface area contributed by atoms with Gasteiger partial charge < -0.3 is 10.5 Å². The van der Waals surface area contributed by atoms with Gasteiger partial charge >= 0.3 is 0 Å². The maximum Gasteiger partial charge on any atom is 0.0887 e. The maximum atomic E-state index is 5.61. The molecular formula is C13H22N2O. The molecule has 1 rings (SSSR count). The summed E-state index contributed by atoms with van der Waals surface area (Å²) in [6, 6.07) is 3.98. The number of pyridine rings is 1.